The number of phenolic OH excluding ortho intramolecular Hbond substituents is 1. The summed E-state index contributed by atoms with van der Waals surface area (Å²) in [5, 5.41) is 9.56. The molecular weight excluding hydrogens is 246 g/mol. The molecule has 0 aliphatic carbocycles. The third-order valence-corrected chi connectivity index (χ3v) is 2.35. The lowest BCUT2D eigenvalue weighted by atomic mass is 10.2. The van der Waals surface area contributed by atoms with Crippen LogP contribution in [0.2, 0.25) is 0 Å². The summed E-state index contributed by atoms with van der Waals surface area (Å²) in [5.74, 6) is 0.877. The van der Waals surface area contributed by atoms with E-state index in [1.165, 1.54) is 0 Å². The first-order chi connectivity index (χ1) is 6.69. The lowest BCUT2D eigenvalue weighted by Crippen LogP contribution is -1.92. The van der Waals surface area contributed by atoms with E-state index in [9.17, 15) is 5.11 Å². The van der Waals surface area contributed by atoms with Gasteiger partial charge in [-0.1, -0.05) is 12.2 Å². The number of aromatic hydroxyl groups is 1. The highest BCUT2D eigenvalue weighted by molar-refractivity contribution is 9.10. The van der Waals surface area contributed by atoms with Gasteiger partial charge in [0.15, 0.2) is 0 Å². The summed E-state index contributed by atoms with van der Waals surface area (Å²) in [6, 6.07) is 3.33. The van der Waals surface area contributed by atoms with Crippen LogP contribution >= 0.6 is 15.9 Å². The zero-order valence-corrected chi connectivity index (χ0v) is 9.41. The largest absolute Gasteiger partial charge is 0.507 e. The second kappa shape index (κ2) is 5.02. The van der Waals surface area contributed by atoms with E-state index in [0.717, 1.165) is 4.47 Å². The minimum Gasteiger partial charge on any atom is -0.507 e. The molecule has 1 aromatic carbocycles. The molecule has 0 aromatic heterocycles. The Labute approximate surface area is 91.3 Å². The smallest absolute Gasteiger partial charge is 0.133 e. The van der Waals surface area contributed by atoms with Gasteiger partial charge in [0.2, 0.25) is 0 Å². The fourth-order valence-corrected chi connectivity index (χ4v) is 1.54. The van der Waals surface area contributed by atoms with Crippen molar-refractivity contribution in [2.45, 2.75) is 0 Å². The monoisotopic (exact) mass is 257 g/mol. The number of phenols is 1. The second-order valence-electron chi connectivity index (χ2n) is 2.68. The lowest BCUT2D eigenvalue weighted by Gasteiger charge is -2.06. The van der Waals surface area contributed by atoms with E-state index in [4.69, 9.17) is 10.5 Å². The van der Waals surface area contributed by atoms with Crippen molar-refractivity contribution in [2.75, 3.05) is 13.7 Å². The normalized spacial score (nSPS) is 10.8. The van der Waals surface area contributed by atoms with Crippen LogP contribution in [0, 0.1) is 0 Å². The van der Waals surface area contributed by atoms with Crippen molar-refractivity contribution < 1.29 is 9.84 Å². The third-order valence-electron chi connectivity index (χ3n) is 1.73. The molecule has 14 heavy (non-hydrogen) atoms. The summed E-state index contributed by atoms with van der Waals surface area (Å²) in [4.78, 5) is 0. The van der Waals surface area contributed by atoms with Crippen LogP contribution in [0.25, 0.3) is 6.08 Å². The number of methoxy groups -OCH3 is 1. The number of nitrogens with two attached hydrogens (primary N) is 1. The standard InChI is InChI=1S/C10H12BrNO2/c1-14-10-5-7(3-2-4-12)9(13)6-8(10)11/h2-3,5-6,13H,4,12H2,1H3/b3-2+. The number of halogens is 1. The lowest BCUT2D eigenvalue weighted by molar-refractivity contribution is 0.409. The van der Waals surface area contributed by atoms with Crippen molar-refractivity contribution in [1.29, 1.82) is 0 Å². The van der Waals surface area contributed by atoms with Gasteiger partial charge in [-0.25, -0.2) is 0 Å². The van der Waals surface area contributed by atoms with E-state index in [1.54, 1.807) is 31.4 Å². The average molecular weight is 258 g/mol. The molecular formula is C10H12BrNO2. The number of hydrogen-bond acceptors (Lipinski definition) is 3. The maximum absolute atomic E-state index is 9.56. The Bertz CT molecular complexity index is 350. The molecule has 4 heteroatoms. The molecule has 0 heterocycles. The zero-order valence-electron chi connectivity index (χ0n) is 7.83. The summed E-state index contributed by atoms with van der Waals surface area (Å²) >= 11 is 3.28. The van der Waals surface area contributed by atoms with E-state index in [1.807, 2.05) is 0 Å². The zero-order chi connectivity index (χ0) is 10.6. The highest BCUT2D eigenvalue weighted by Crippen LogP contribution is 2.32. The van der Waals surface area contributed by atoms with Crippen LogP contribution in [0.5, 0.6) is 11.5 Å². The van der Waals surface area contributed by atoms with Gasteiger partial charge in [0, 0.05) is 12.1 Å². The molecule has 0 atom stereocenters. The van der Waals surface area contributed by atoms with Gasteiger partial charge in [0.25, 0.3) is 0 Å². The van der Waals surface area contributed by atoms with Gasteiger partial charge in [-0.2, -0.15) is 0 Å². The first-order valence-corrected chi connectivity index (χ1v) is 4.91. The predicted octanol–water partition coefficient (Wildman–Crippen LogP) is 2.14. The van der Waals surface area contributed by atoms with Crippen molar-refractivity contribution in [3.63, 3.8) is 0 Å². The van der Waals surface area contributed by atoms with Crippen LogP contribution in [0.15, 0.2) is 22.7 Å². The molecule has 1 aromatic rings. The predicted molar refractivity (Wildman–Crippen MR) is 60.4 cm³/mol. The average Bonchev–Trinajstić information content (AvgIpc) is 2.17. The Morgan fingerprint density at radius 3 is 2.86 bits per heavy atom. The van der Waals surface area contributed by atoms with Crippen LogP contribution in [0.3, 0.4) is 0 Å². The van der Waals surface area contributed by atoms with Gasteiger partial charge in [-0.3, -0.25) is 0 Å². The molecule has 3 N–H and O–H groups in total. The van der Waals surface area contributed by atoms with Crippen LogP contribution < -0.4 is 10.5 Å². The van der Waals surface area contributed by atoms with Gasteiger partial charge in [0.05, 0.1) is 11.6 Å². The Hall–Kier alpha value is -1.00. The van der Waals surface area contributed by atoms with Crippen molar-refractivity contribution in [2.24, 2.45) is 5.73 Å². The summed E-state index contributed by atoms with van der Waals surface area (Å²) in [7, 11) is 1.58. The molecule has 0 aliphatic heterocycles. The summed E-state index contributed by atoms with van der Waals surface area (Å²) < 4.78 is 5.82. The van der Waals surface area contributed by atoms with Crippen molar-refractivity contribution in [3.05, 3.63) is 28.2 Å². The molecule has 0 fully saturated rings. The fraction of sp³-hybridized carbons (Fsp3) is 0.200. The third kappa shape index (κ3) is 2.49. The fourth-order valence-electron chi connectivity index (χ4n) is 1.04. The summed E-state index contributed by atoms with van der Waals surface area (Å²) in [6.45, 7) is 0.442. The van der Waals surface area contributed by atoms with E-state index < -0.39 is 0 Å². The molecule has 0 saturated heterocycles. The molecule has 0 unspecified atom stereocenters. The van der Waals surface area contributed by atoms with E-state index in [0.29, 0.717) is 17.9 Å². The van der Waals surface area contributed by atoms with Crippen molar-refractivity contribution in [3.8, 4) is 11.5 Å². The Morgan fingerprint density at radius 1 is 1.57 bits per heavy atom. The molecule has 0 saturated carbocycles. The van der Waals surface area contributed by atoms with Crippen LogP contribution in [0.1, 0.15) is 5.56 Å². The first kappa shape index (κ1) is 11.1. The second-order valence-corrected chi connectivity index (χ2v) is 3.54. The highest BCUT2D eigenvalue weighted by Gasteiger charge is 2.05. The van der Waals surface area contributed by atoms with Crippen LogP contribution in [-0.4, -0.2) is 18.8 Å². The SMILES string of the molecule is COc1cc(/C=C/CN)c(O)cc1Br. The molecule has 76 valence electrons. The molecule has 0 bridgehead atoms. The van der Waals surface area contributed by atoms with Crippen molar-refractivity contribution >= 4 is 22.0 Å². The first-order valence-electron chi connectivity index (χ1n) is 4.12. The number of ether oxygens (including phenoxy) is 1. The van der Waals surface area contributed by atoms with Gasteiger partial charge in [-0.05, 0) is 28.1 Å². The Balaban J connectivity index is 3.10. The molecule has 0 aliphatic rings. The van der Waals surface area contributed by atoms with Gasteiger partial charge >= 0.3 is 0 Å². The molecule has 0 radical (unpaired) electrons. The minimum absolute atomic E-state index is 0.197. The number of hydrogen-bond donors (Lipinski definition) is 2. The van der Waals surface area contributed by atoms with Gasteiger partial charge < -0.3 is 15.6 Å². The maximum Gasteiger partial charge on any atom is 0.133 e. The Morgan fingerprint density at radius 2 is 2.29 bits per heavy atom. The molecule has 1 rings (SSSR count). The molecule has 0 amide bonds. The van der Waals surface area contributed by atoms with E-state index >= 15 is 0 Å². The maximum atomic E-state index is 9.56. The topological polar surface area (TPSA) is 55.5 Å². The summed E-state index contributed by atoms with van der Waals surface area (Å²) in [5.41, 5.74) is 6.01. The highest BCUT2D eigenvalue weighted by atomic mass is 79.9. The van der Waals surface area contributed by atoms with E-state index in [-0.39, 0.29) is 5.75 Å². The van der Waals surface area contributed by atoms with Gasteiger partial charge in [0.1, 0.15) is 11.5 Å². The molecule has 3 nitrogen and oxygen atoms in total. The number of benzene rings is 1. The Kier molecular flexibility index (Phi) is 3.98. The van der Waals surface area contributed by atoms with Crippen molar-refractivity contribution in [1.82, 2.24) is 0 Å². The molecule has 0 spiro atoms. The minimum atomic E-state index is 0.197. The van der Waals surface area contributed by atoms with Crippen LogP contribution in [-0.2, 0) is 0 Å². The quantitative estimate of drug-likeness (QED) is 0.873. The summed E-state index contributed by atoms with van der Waals surface area (Å²) in [6.07, 6.45) is 3.52. The van der Waals surface area contributed by atoms with Crippen LogP contribution in [0.4, 0.5) is 0 Å². The van der Waals surface area contributed by atoms with E-state index in [2.05, 4.69) is 15.9 Å². The van der Waals surface area contributed by atoms with Gasteiger partial charge in [-0.15, -0.1) is 0 Å². The number of rotatable bonds is 3.